The highest BCUT2D eigenvalue weighted by Crippen LogP contribution is 2.42. The van der Waals surface area contributed by atoms with E-state index < -0.39 is 0 Å². The van der Waals surface area contributed by atoms with Gasteiger partial charge in [-0.2, -0.15) is 0 Å². The van der Waals surface area contributed by atoms with Crippen molar-refractivity contribution in [3.05, 3.63) is 40.4 Å². The van der Waals surface area contributed by atoms with Crippen LogP contribution in [0.2, 0.25) is 0 Å². The number of amides is 1. The first kappa shape index (κ1) is 17.7. The molecule has 7 nitrogen and oxygen atoms in total. The summed E-state index contributed by atoms with van der Waals surface area (Å²) in [6.07, 6.45) is 7.81. The Labute approximate surface area is 163 Å². The standard InChI is InChI=1S/C21H26N4O3/c26-17-3-1-10-24-19(28)11-15(22-20(17)24)12-23-9-2-7-21(13-23)8-6-18(27)25(14-21)16-4-5-16/h1,3,10-11,16,26H,2,4-9,12-14H2/t21-/m0/s1. The molecule has 0 bridgehead atoms. The largest absolute Gasteiger partial charge is 0.504 e. The predicted molar refractivity (Wildman–Crippen MR) is 104 cm³/mol. The van der Waals surface area contributed by atoms with E-state index in [1.807, 2.05) is 0 Å². The van der Waals surface area contributed by atoms with E-state index >= 15 is 0 Å². The molecule has 2 aromatic heterocycles. The van der Waals surface area contributed by atoms with Gasteiger partial charge < -0.3 is 10.0 Å². The number of fused-ring (bicyclic) bond motifs is 1. The molecule has 28 heavy (non-hydrogen) atoms. The Morgan fingerprint density at radius 1 is 1.21 bits per heavy atom. The summed E-state index contributed by atoms with van der Waals surface area (Å²) < 4.78 is 1.37. The zero-order chi connectivity index (χ0) is 19.3. The lowest BCUT2D eigenvalue weighted by Crippen LogP contribution is -2.54. The molecule has 1 amide bonds. The second-order valence-corrected chi connectivity index (χ2v) is 8.74. The molecule has 148 valence electrons. The van der Waals surface area contributed by atoms with Gasteiger partial charge in [0, 0.05) is 49.8 Å². The van der Waals surface area contributed by atoms with Gasteiger partial charge in [-0.05, 0) is 50.8 Å². The molecule has 2 aliphatic heterocycles. The third kappa shape index (κ3) is 3.17. The zero-order valence-corrected chi connectivity index (χ0v) is 16.0. The van der Waals surface area contributed by atoms with Gasteiger partial charge in [-0.25, -0.2) is 4.98 Å². The smallest absolute Gasteiger partial charge is 0.258 e. The van der Waals surface area contributed by atoms with E-state index in [0.717, 1.165) is 51.7 Å². The summed E-state index contributed by atoms with van der Waals surface area (Å²) >= 11 is 0. The summed E-state index contributed by atoms with van der Waals surface area (Å²) in [5, 5.41) is 10.1. The Kier molecular flexibility index (Phi) is 4.16. The van der Waals surface area contributed by atoms with E-state index in [2.05, 4.69) is 14.8 Å². The van der Waals surface area contributed by atoms with Crippen LogP contribution in [0.4, 0.5) is 0 Å². The number of hydrogen-bond acceptors (Lipinski definition) is 5. The van der Waals surface area contributed by atoms with E-state index in [4.69, 9.17) is 0 Å². The number of piperidine rings is 2. The molecule has 7 heteroatoms. The number of carbonyl (C=O) groups excluding carboxylic acids is 1. The molecule has 2 aromatic rings. The first-order chi connectivity index (χ1) is 13.5. The molecule has 0 radical (unpaired) electrons. The fraction of sp³-hybridized carbons (Fsp3) is 0.571. The first-order valence-electron chi connectivity index (χ1n) is 10.3. The Morgan fingerprint density at radius 2 is 2.07 bits per heavy atom. The fourth-order valence-electron chi connectivity index (χ4n) is 5.01. The normalized spacial score (nSPS) is 26.3. The van der Waals surface area contributed by atoms with Crippen LogP contribution in [-0.2, 0) is 11.3 Å². The SMILES string of the molecule is O=C1CC[C@]2(CCCN(Cc3cc(=O)n4cccc(O)c4n3)C2)CN1C1CC1. The van der Waals surface area contributed by atoms with E-state index in [1.165, 1.54) is 4.40 Å². The van der Waals surface area contributed by atoms with Gasteiger partial charge >= 0.3 is 0 Å². The van der Waals surface area contributed by atoms with Crippen molar-refractivity contribution in [2.75, 3.05) is 19.6 Å². The van der Waals surface area contributed by atoms with Crippen molar-refractivity contribution >= 4 is 11.6 Å². The summed E-state index contributed by atoms with van der Waals surface area (Å²) in [7, 11) is 0. The zero-order valence-electron chi connectivity index (χ0n) is 16.0. The molecule has 1 spiro atoms. The number of nitrogens with zero attached hydrogens (tertiary/aromatic N) is 4. The topological polar surface area (TPSA) is 78.2 Å². The molecule has 4 heterocycles. The van der Waals surface area contributed by atoms with Crippen LogP contribution in [0.5, 0.6) is 5.75 Å². The van der Waals surface area contributed by atoms with Gasteiger partial charge in [0.1, 0.15) is 0 Å². The quantitative estimate of drug-likeness (QED) is 0.875. The van der Waals surface area contributed by atoms with Gasteiger partial charge in [-0.15, -0.1) is 0 Å². The van der Waals surface area contributed by atoms with Gasteiger partial charge in [0.15, 0.2) is 11.4 Å². The molecule has 1 atom stereocenters. The average molecular weight is 382 g/mol. The molecule has 0 unspecified atom stereocenters. The highest BCUT2D eigenvalue weighted by atomic mass is 16.3. The van der Waals surface area contributed by atoms with E-state index in [1.54, 1.807) is 24.4 Å². The Balaban J connectivity index is 1.36. The average Bonchev–Trinajstić information content (AvgIpc) is 3.50. The van der Waals surface area contributed by atoms with Gasteiger partial charge in [-0.1, -0.05) is 0 Å². The number of aromatic hydroxyl groups is 1. The number of carbonyl (C=O) groups is 1. The molecular formula is C21H26N4O3. The van der Waals surface area contributed by atoms with Crippen molar-refractivity contribution in [1.29, 1.82) is 0 Å². The van der Waals surface area contributed by atoms with Crippen LogP contribution in [0.15, 0.2) is 29.2 Å². The van der Waals surface area contributed by atoms with Crippen LogP contribution in [-0.4, -0.2) is 55.9 Å². The van der Waals surface area contributed by atoms with Crippen LogP contribution in [0, 0.1) is 5.41 Å². The maximum Gasteiger partial charge on any atom is 0.258 e. The molecular weight excluding hydrogens is 356 g/mol. The molecule has 5 rings (SSSR count). The molecule has 3 fully saturated rings. The molecule has 2 saturated heterocycles. The molecule has 1 saturated carbocycles. The monoisotopic (exact) mass is 382 g/mol. The first-order valence-corrected chi connectivity index (χ1v) is 10.3. The highest BCUT2D eigenvalue weighted by molar-refractivity contribution is 5.78. The van der Waals surface area contributed by atoms with Crippen LogP contribution in [0.3, 0.4) is 0 Å². The van der Waals surface area contributed by atoms with E-state index in [9.17, 15) is 14.7 Å². The maximum absolute atomic E-state index is 12.4. The van der Waals surface area contributed by atoms with Gasteiger partial charge in [-0.3, -0.25) is 18.9 Å². The van der Waals surface area contributed by atoms with Crippen molar-refractivity contribution < 1.29 is 9.90 Å². The molecule has 0 aromatic carbocycles. The summed E-state index contributed by atoms with van der Waals surface area (Å²) in [5.74, 6) is 0.340. The van der Waals surface area contributed by atoms with Crippen LogP contribution in [0.25, 0.3) is 5.65 Å². The molecule has 1 aliphatic carbocycles. The number of hydrogen-bond donors (Lipinski definition) is 1. The lowest BCUT2D eigenvalue weighted by atomic mass is 9.73. The fourth-order valence-corrected chi connectivity index (χ4v) is 5.01. The lowest BCUT2D eigenvalue weighted by molar-refractivity contribution is -0.140. The van der Waals surface area contributed by atoms with Gasteiger partial charge in [0.2, 0.25) is 5.91 Å². The lowest BCUT2D eigenvalue weighted by Gasteiger charge is -2.48. The van der Waals surface area contributed by atoms with Crippen LogP contribution in [0.1, 0.15) is 44.2 Å². The second kappa shape index (κ2) is 6.58. The number of likely N-dealkylation sites (tertiary alicyclic amines) is 2. The summed E-state index contributed by atoms with van der Waals surface area (Å²) in [4.78, 5) is 33.7. The summed E-state index contributed by atoms with van der Waals surface area (Å²) in [6.45, 7) is 3.38. The Bertz CT molecular complexity index is 983. The minimum absolute atomic E-state index is 0.0161. The highest BCUT2D eigenvalue weighted by Gasteiger charge is 2.45. The van der Waals surface area contributed by atoms with Crippen LogP contribution >= 0.6 is 0 Å². The number of aromatic nitrogens is 2. The van der Waals surface area contributed by atoms with Crippen molar-refractivity contribution in [2.45, 2.75) is 51.1 Å². The second-order valence-electron chi connectivity index (χ2n) is 8.74. The van der Waals surface area contributed by atoms with E-state index in [-0.39, 0.29) is 16.7 Å². The van der Waals surface area contributed by atoms with Crippen LogP contribution < -0.4 is 5.56 Å². The Hall–Kier alpha value is -2.41. The van der Waals surface area contributed by atoms with E-state index in [0.29, 0.717) is 36.3 Å². The third-order valence-electron chi connectivity index (χ3n) is 6.53. The van der Waals surface area contributed by atoms with Crippen molar-refractivity contribution in [1.82, 2.24) is 19.2 Å². The third-order valence-corrected chi connectivity index (χ3v) is 6.53. The van der Waals surface area contributed by atoms with Gasteiger partial charge in [0.05, 0.1) is 5.69 Å². The number of rotatable bonds is 3. The summed E-state index contributed by atoms with van der Waals surface area (Å²) in [5.41, 5.74) is 0.989. The number of pyridine rings is 1. The van der Waals surface area contributed by atoms with Crippen molar-refractivity contribution in [2.24, 2.45) is 5.41 Å². The Morgan fingerprint density at radius 3 is 2.89 bits per heavy atom. The summed E-state index contributed by atoms with van der Waals surface area (Å²) in [6, 6.07) is 5.22. The predicted octanol–water partition coefficient (Wildman–Crippen LogP) is 1.77. The molecule has 1 N–H and O–H groups in total. The van der Waals surface area contributed by atoms with Crippen molar-refractivity contribution in [3.63, 3.8) is 0 Å². The van der Waals surface area contributed by atoms with Gasteiger partial charge in [0.25, 0.3) is 5.56 Å². The minimum atomic E-state index is -0.175. The molecule has 3 aliphatic rings. The maximum atomic E-state index is 12.4. The minimum Gasteiger partial charge on any atom is -0.504 e. The van der Waals surface area contributed by atoms with Crippen molar-refractivity contribution in [3.8, 4) is 5.75 Å².